The Morgan fingerprint density at radius 2 is 2.03 bits per heavy atom. The molecule has 0 saturated carbocycles. The maximum absolute atomic E-state index is 13.3. The van der Waals surface area contributed by atoms with E-state index in [2.05, 4.69) is 55.3 Å². The first kappa shape index (κ1) is 21.8. The summed E-state index contributed by atoms with van der Waals surface area (Å²) in [6.45, 7) is 7.48. The molecular weight excluding hydrogens is 440 g/mol. The van der Waals surface area contributed by atoms with E-state index < -0.39 is 0 Å². The molecule has 0 aliphatic carbocycles. The lowest BCUT2D eigenvalue weighted by atomic mass is 9.98. The van der Waals surface area contributed by atoms with E-state index in [1.807, 2.05) is 30.1 Å². The summed E-state index contributed by atoms with van der Waals surface area (Å²) in [5.74, 6) is 1.20. The zero-order valence-electron chi connectivity index (χ0n) is 20.2. The third-order valence-electron chi connectivity index (χ3n) is 6.99. The quantitative estimate of drug-likeness (QED) is 0.355. The Bertz CT molecular complexity index is 1580. The normalized spacial score (nSPS) is 13.7. The van der Waals surface area contributed by atoms with Gasteiger partial charge in [-0.2, -0.15) is 5.10 Å². The summed E-state index contributed by atoms with van der Waals surface area (Å²) in [6.07, 6.45) is 8.23. The van der Waals surface area contributed by atoms with Crippen LogP contribution in [0.25, 0.3) is 28.1 Å². The Hall–Kier alpha value is -3.72. The fourth-order valence-electron chi connectivity index (χ4n) is 5.10. The SMILES string of the molecule is CCCCCn1c2cc(-c3cnn(Cc4ccc5c(c4)CCNC5)c3)[nH]c2c(=O)n2c(C)nnc12. The molecule has 0 radical (unpaired) electrons. The molecule has 1 aliphatic rings. The van der Waals surface area contributed by atoms with Gasteiger partial charge in [0.15, 0.2) is 0 Å². The number of hydrogen-bond acceptors (Lipinski definition) is 5. The Morgan fingerprint density at radius 3 is 2.91 bits per heavy atom. The fraction of sp³-hybridized carbons (Fsp3) is 0.385. The summed E-state index contributed by atoms with van der Waals surface area (Å²) >= 11 is 0. The van der Waals surface area contributed by atoms with Crippen molar-refractivity contribution in [3.63, 3.8) is 0 Å². The predicted molar refractivity (Wildman–Crippen MR) is 136 cm³/mol. The number of benzene rings is 1. The molecule has 5 aromatic rings. The molecule has 0 spiro atoms. The minimum Gasteiger partial charge on any atom is -0.349 e. The van der Waals surface area contributed by atoms with Crippen molar-refractivity contribution in [3.05, 3.63) is 69.5 Å². The van der Waals surface area contributed by atoms with Gasteiger partial charge in [-0.25, -0.2) is 4.40 Å². The van der Waals surface area contributed by atoms with Gasteiger partial charge in [-0.1, -0.05) is 38.0 Å². The van der Waals surface area contributed by atoms with Gasteiger partial charge in [0.05, 0.1) is 24.0 Å². The molecule has 0 unspecified atom stereocenters. The van der Waals surface area contributed by atoms with Crippen LogP contribution in [0, 0.1) is 6.92 Å². The smallest absolute Gasteiger partial charge is 0.284 e. The second-order valence-corrected chi connectivity index (χ2v) is 9.45. The van der Waals surface area contributed by atoms with Crippen LogP contribution in [0.2, 0.25) is 0 Å². The van der Waals surface area contributed by atoms with Crippen molar-refractivity contribution >= 4 is 16.8 Å². The van der Waals surface area contributed by atoms with Crippen molar-refractivity contribution in [2.75, 3.05) is 6.54 Å². The standard InChI is InChI=1S/C26H30N8O/c1-3-4-5-10-33-23-12-22(29-24(23)25(35)34-17(2)30-31-26(33)34)21-14-28-32(16-21)15-18-6-7-20-13-27-9-8-19(20)11-18/h6-7,11-12,14,16,27,29H,3-5,8-10,13,15H2,1-2H3. The summed E-state index contributed by atoms with van der Waals surface area (Å²) < 4.78 is 5.67. The van der Waals surface area contributed by atoms with Crippen molar-refractivity contribution < 1.29 is 0 Å². The van der Waals surface area contributed by atoms with Gasteiger partial charge in [-0.3, -0.25) is 9.48 Å². The molecule has 35 heavy (non-hydrogen) atoms. The number of aromatic nitrogens is 7. The van der Waals surface area contributed by atoms with Crippen molar-refractivity contribution in [2.45, 2.75) is 59.2 Å². The van der Waals surface area contributed by atoms with Crippen LogP contribution in [0.4, 0.5) is 0 Å². The molecular formula is C26H30N8O. The summed E-state index contributed by atoms with van der Waals surface area (Å²) in [4.78, 5) is 16.6. The first-order valence-electron chi connectivity index (χ1n) is 12.4. The highest BCUT2D eigenvalue weighted by Gasteiger charge is 2.18. The van der Waals surface area contributed by atoms with Gasteiger partial charge in [-0.05, 0) is 49.1 Å². The number of hydrogen-bond donors (Lipinski definition) is 2. The number of aryl methyl sites for hydroxylation is 2. The molecule has 6 rings (SSSR count). The topological polar surface area (TPSA) is 97.8 Å². The van der Waals surface area contributed by atoms with Gasteiger partial charge in [0.1, 0.15) is 11.3 Å². The zero-order chi connectivity index (χ0) is 23.9. The fourth-order valence-corrected chi connectivity index (χ4v) is 5.10. The minimum absolute atomic E-state index is 0.119. The van der Waals surface area contributed by atoms with Gasteiger partial charge in [-0.15, -0.1) is 10.2 Å². The van der Waals surface area contributed by atoms with E-state index in [1.165, 1.54) is 16.7 Å². The van der Waals surface area contributed by atoms with E-state index in [1.54, 1.807) is 4.40 Å². The van der Waals surface area contributed by atoms with E-state index in [0.29, 0.717) is 23.7 Å². The summed E-state index contributed by atoms with van der Waals surface area (Å²) in [5.41, 5.74) is 7.20. The van der Waals surface area contributed by atoms with Crippen LogP contribution in [0.3, 0.4) is 0 Å². The van der Waals surface area contributed by atoms with Crippen LogP contribution >= 0.6 is 0 Å². The molecule has 0 saturated heterocycles. The molecule has 9 heteroatoms. The Morgan fingerprint density at radius 1 is 1.11 bits per heavy atom. The Balaban J connectivity index is 1.35. The number of nitrogens with one attached hydrogen (secondary N) is 2. The van der Waals surface area contributed by atoms with E-state index in [4.69, 9.17) is 0 Å². The van der Waals surface area contributed by atoms with Crippen molar-refractivity contribution in [3.8, 4) is 11.3 Å². The highest BCUT2D eigenvalue weighted by Crippen LogP contribution is 2.25. The lowest BCUT2D eigenvalue weighted by molar-refractivity contribution is 0.615. The summed E-state index contributed by atoms with van der Waals surface area (Å²) in [7, 11) is 0. The third-order valence-corrected chi connectivity index (χ3v) is 6.99. The summed E-state index contributed by atoms with van der Waals surface area (Å²) in [5, 5.41) is 16.5. The minimum atomic E-state index is -0.119. The van der Waals surface area contributed by atoms with E-state index in [-0.39, 0.29) is 5.56 Å². The van der Waals surface area contributed by atoms with Crippen LogP contribution in [-0.2, 0) is 26.1 Å². The van der Waals surface area contributed by atoms with Crippen molar-refractivity contribution in [2.24, 2.45) is 0 Å². The van der Waals surface area contributed by atoms with E-state index in [9.17, 15) is 4.79 Å². The van der Waals surface area contributed by atoms with Crippen LogP contribution in [0.5, 0.6) is 0 Å². The number of nitrogens with zero attached hydrogens (tertiary/aromatic N) is 6. The van der Waals surface area contributed by atoms with Crippen LogP contribution in [0.15, 0.2) is 41.5 Å². The zero-order valence-corrected chi connectivity index (χ0v) is 20.2. The number of aromatic amines is 1. The molecule has 0 amide bonds. The molecule has 0 bridgehead atoms. The first-order valence-corrected chi connectivity index (χ1v) is 12.4. The number of rotatable bonds is 7. The largest absolute Gasteiger partial charge is 0.349 e. The number of H-pyrrole nitrogens is 1. The molecule has 0 fully saturated rings. The molecule has 180 valence electrons. The second kappa shape index (κ2) is 8.81. The van der Waals surface area contributed by atoms with Crippen LogP contribution in [-0.4, -0.2) is 40.5 Å². The highest BCUT2D eigenvalue weighted by atomic mass is 16.1. The second-order valence-electron chi connectivity index (χ2n) is 9.45. The molecule has 1 aliphatic heterocycles. The monoisotopic (exact) mass is 470 g/mol. The van der Waals surface area contributed by atoms with Gasteiger partial charge in [0.25, 0.3) is 5.56 Å². The maximum atomic E-state index is 13.3. The van der Waals surface area contributed by atoms with Gasteiger partial charge >= 0.3 is 0 Å². The van der Waals surface area contributed by atoms with E-state index in [0.717, 1.165) is 62.1 Å². The van der Waals surface area contributed by atoms with Gasteiger partial charge < -0.3 is 14.9 Å². The molecule has 0 atom stereocenters. The van der Waals surface area contributed by atoms with E-state index >= 15 is 0 Å². The lowest BCUT2D eigenvalue weighted by Crippen LogP contribution is -2.23. The third kappa shape index (κ3) is 3.85. The maximum Gasteiger partial charge on any atom is 0.284 e. The van der Waals surface area contributed by atoms with Gasteiger partial charge in [0, 0.05) is 24.8 Å². The molecule has 4 aromatic heterocycles. The molecule has 9 nitrogen and oxygen atoms in total. The number of unbranched alkanes of at least 4 members (excludes halogenated alkanes) is 2. The highest BCUT2D eigenvalue weighted by molar-refractivity contribution is 5.83. The molecule has 2 N–H and O–H groups in total. The Labute approximate surface area is 202 Å². The van der Waals surface area contributed by atoms with Crippen molar-refractivity contribution in [1.82, 2.24) is 39.2 Å². The average Bonchev–Trinajstić information content (AvgIpc) is 3.60. The Kier molecular flexibility index (Phi) is 5.49. The van der Waals surface area contributed by atoms with Crippen LogP contribution in [0.1, 0.15) is 48.7 Å². The molecule has 5 heterocycles. The van der Waals surface area contributed by atoms with Crippen LogP contribution < -0.4 is 10.9 Å². The van der Waals surface area contributed by atoms with Crippen molar-refractivity contribution in [1.29, 1.82) is 0 Å². The lowest BCUT2D eigenvalue weighted by Gasteiger charge is -2.17. The first-order chi connectivity index (χ1) is 17.1. The predicted octanol–water partition coefficient (Wildman–Crippen LogP) is 3.43. The summed E-state index contributed by atoms with van der Waals surface area (Å²) in [6, 6.07) is 8.75. The molecule has 1 aromatic carbocycles. The number of fused-ring (bicyclic) bond motifs is 3. The van der Waals surface area contributed by atoms with Gasteiger partial charge in [0.2, 0.25) is 5.78 Å². The average molecular weight is 471 g/mol.